The Bertz CT molecular complexity index is 573. The van der Waals surface area contributed by atoms with Crippen LogP contribution in [0.3, 0.4) is 0 Å². The Hall–Kier alpha value is -1.97. The van der Waals surface area contributed by atoms with E-state index in [9.17, 15) is 13.2 Å². The van der Waals surface area contributed by atoms with Gasteiger partial charge in [0.15, 0.2) is 0 Å². The van der Waals surface area contributed by atoms with Gasteiger partial charge < -0.3 is 4.74 Å². The van der Waals surface area contributed by atoms with Gasteiger partial charge in [-0.1, -0.05) is 49.7 Å². The van der Waals surface area contributed by atoms with Crippen molar-refractivity contribution < 1.29 is 17.9 Å². The number of rotatable bonds is 5. The third-order valence-electron chi connectivity index (χ3n) is 3.22. The van der Waals surface area contributed by atoms with E-state index in [-0.39, 0.29) is 5.75 Å². The van der Waals surface area contributed by atoms with Gasteiger partial charge in [-0.15, -0.1) is 13.2 Å². The molecule has 0 bridgehead atoms. The van der Waals surface area contributed by atoms with Crippen LogP contribution in [0.2, 0.25) is 0 Å². The van der Waals surface area contributed by atoms with E-state index in [1.807, 2.05) is 18.2 Å². The van der Waals surface area contributed by atoms with Crippen molar-refractivity contribution in [1.82, 2.24) is 0 Å². The molecule has 0 unspecified atom stereocenters. The van der Waals surface area contributed by atoms with Crippen LogP contribution in [-0.2, 0) is 6.42 Å². The van der Waals surface area contributed by atoms with E-state index in [4.69, 9.17) is 0 Å². The molecule has 21 heavy (non-hydrogen) atoms. The van der Waals surface area contributed by atoms with Gasteiger partial charge in [0.1, 0.15) is 5.75 Å². The zero-order valence-corrected chi connectivity index (χ0v) is 11.8. The van der Waals surface area contributed by atoms with Gasteiger partial charge in [-0.05, 0) is 41.7 Å². The van der Waals surface area contributed by atoms with Crippen LogP contribution < -0.4 is 4.74 Å². The van der Waals surface area contributed by atoms with Crippen molar-refractivity contribution in [2.45, 2.75) is 32.5 Å². The highest BCUT2D eigenvalue weighted by Crippen LogP contribution is 2.29. The molecule has 112 valence electrons. The second-order valence-corrected chi connectivity index (χ2v) is 4.83. The van der Waals surface area contributed by atoms with Gasteiger partial charge in [0, 0.05) is 0 Å². The van der Waals surface area contributed by atoms with E-state index in [2.05, 4.69) is 17.7 Å². The number of halogens is 3. The highest BCUT2D eigenvalue weighted by atomic mass is 19.4. The predicted molar refractivity (Wildman–Crippen MR) is 77.2 cm³/mol. The molecule has 0 saturated carbocycles. The maximum absolute atomic E-state index is 12.1. The Kier molecular flexibility index (Phi) is 4.89. The fourth-order valence-corrected chi connectivity index (χ4v) is 2.22. The van der Waals surface area contributed by atoms with E-state index in [0.29, 0.717) is 0 Å². The number of hydrogen-bond acceptors (Lipinski definition) is 1. The normalized spacial score (nSPS) is 11.4. The number of hydrogen-bond donors (Lipinski definition) is 0. The summed E-state index contributed by atoms with van der Waals surface area (Å²) < 4.78 is 40.3. The standard InChI is InChI=1S/C17H17F3O/c1-2-3-6-13-7-4-5-8-16(13)14-9-11-15(12-10-14)21-17(18,19)20/h4-5,7-12H,2-3,6H2,1H3. The molecule has 0 fully saturated rings. The Balaban J connectivity index is 2.22. The SMILES string of the molecule is CCCCc1ccccc1-c1ccc(OC(F)(F)F)cc1. The topological polar surface area (TPSA) is 9.23 Å². The smallest absolute Gasteiger partial charge is 0.406 e. The van der Waals surface area contributed by atoms with Gasteiger partial charge in [0.25, 0.3) is 0 Å². The second kappa shape index (κ2) is 6.66. The fraction of sp³-hybridized carbons (Fsp3) is 0.294. The molecule has 0 radical (unpaired) electrons. The van der Waals surface area contributed by atoms with Crippen LogP contribution in [0.4, 0.5) is 13.2 Å². The molecule has 0 N–H and O–H groups in total. The van der Waals surface area contributed by atoms with E-state index >= 15 is 0 Å². The van der Waals surface area contributed by atoms with Crippen molar-refractivity contribution in [2.75, 3.05) is 0 Å². The van der Waals surface area contributed by atoms with Gasteiger partial charge in [-0.25, -0.2) is 0 Å². The summed E-state index contributed by atoms with van der Waals surface area (Å²) in [6.07, 6.45) is -1.49. The molecule has 0 saturated heterocycles. The van der Waals surface area contributed by atoms with Gasteiger partial charge in [-0.2, -0.15) is 0 Å². The zero-order valence-electron chi connectivity index (χ0n) is 11.8. The van der Waals surface area contributed by atoms with Crippen molar-refractivity contribution in [1.29, 1.82) is 0 Å². The highest BCUT2D eigenvalue weighted by molar-refractivity contribution is 5.68. The van der Waals surface area contributed by atoms with Crippen LogP contribution in [0, 0.1) is 0 Å². The summed E-state index contributed by atoms with van der Waals surface area (Å²) in [5.74, 6) is -0.197. The molecule has 2 aromatic rings. The largest absolute Gasteiger partial charge is 0.573 e. The van der Waals surface area contributed by atoms with Crippen LogP contribution in [0.25, 0.3) is 11.1 Å². The minimum atomic E-state index is -4.65. The lowest BCUT2D eigenvalue weighted by molar-refractivity contribution is -0.274. The van der Waals surface area contributed by atoms with Gasteiger partial charge >= 0.3 is 6.36 Å². The molecular formula is C17H17F3O. The number of unbranched alkanes of at least 4 members (excludes halogenated alkanes) is 1. The Morgan fingerprint density at radius 2 is 1.62 bits per heavy atom. The van der Waals surface area contributed by atoms with E-state index in [1.165, 1.54) is 17.7 Å². The number of aryl methyl sites for hydroxylation is 1. The molecule has 0 aromatic heterocycles. The minimum absolute atomic E-state index is 0.197. The Labute approximate surface area is 122 Å². The van der Waals surface area contributed by atoms with Crippen molar-refractivity contribution in [3.8, 4) is 16.9 Å². The average molecular weight is 294 g/mol. The summed E-state index contributed by atoms with van der Waals surface area (Å²) in [5.41, 5.74) is 3.17. The summed E-state index contributed by atoms with van der Waals surface area (Å²) in [6, 6.07) is 14.0. The Morgan fingerprint density at radius 3 is 2.24 bits per heavy atom. The third kappa shape index (κ3) is 4.52. The van der Waals surface area contributed by atoms with Crippen LogP contribution in [0.5, 0.6) is 5.75 Å². The summed E-state index contributed by atoms with van der Waals surface area (Å²) in [5, 5.41) is 0. The van der Waals surface area contributed by atoms with Crippen LogP contribution in [0.1, 0.15) is 25.3 Å². The average Bonchev–Trinajstić information content (AvgIpc) is 2.45. The Morgan fingerprint density at radius 1 is 0.952 bits per heavy atom. The summed E-state index contributed by atoms with van der Waals surface area (Å²) in [7, 11) is 0. The molecule has 0 amide bonds. The first-order valence-corrected chi connectivity index (χ1v) is 6.93. The lowest BCUT2D eigenvalue weighted by Gasteiger charge is -2.11. The molecule has 4 heteroatoms. The van der Waals surface area contributed by atoms with Crippen LogP contribution in [0.15, 0.2) is 48.5 Å². The monoisotopic (exact) mass is 294 g/mol. The maximum Gasteiger partial charge on any atom is 0.573 e. The summed E-state index contributed by atoms with van der Waals surface area (Å²) in [4.78, 5) is 0. The maximum atomic E-state index is 12.1. The fourth-order valence-electron chi connectivity index (χ4n) is 2.22. The predicted octanol–water partition coefficient (Wildman–Crippen LogP) is 5.59. The second-order valence-electron chi connectivity index (χ2n) is 4.83. The molecule has 0 atom stereocenters. The quantitative estimate of drug-likeness (QED) is 0.698. The van der Waals surface area contributed by atoms with Crippen molar-refractivity contribution >= 4 is 0 Å². The van der Waals surface area contributed by atoms with Crippen LogP contribution >= 0.6 is 0 Å². The zero-order chi connectivity index (χ0) is 15.3. The molecule has 2 aromatic carbocycles. The minimum Gasteiger partial charge on any atom is -0.406 e. The first-order valence-electron chi connectivity index (χ1n) is 6.93. The molecule has 0 heterocycles. The lowest BCUT2D eigenvalue weighted by Crippen LogP contribution is -2.16. The van der Waals surface area contributed by atoms with Gasteiger partial charge in [-0.3, -0.25) is 0 Å². The van der Waals surface area contributed by atoms with Crippen molar-refractivity contribution in [3.05, 3.63) is 54.1 Å². The summed E-state index contributed by atoms with van der Waals surface area (Å²) in [6.45, 7) is 2.13. The molecule has 1 nitrogen and oxygen atoms in total. The van der Waals surface area contributed by atoms with Gasteiger partial charge in [0.05, 0.1) is 0 Å². The molecular weight excluding hydrogens is 277 g/mol. The molecule has 0 aliphatic rings. The van der Waals surface area contributed by atoms with E-state index in [0.717, 1.165) is 30.4 Å². The number of ether oxygens (including phenoxy) is 1. The van der Waals surface area contributed by atoms with Crippen molar-refractivity contribution in [3.63, 3.8) is 0 Å². The van der Waals surface area contributed by atoms with Gasteiger partial charge in [0.2, 0.25) is 0 Å². The van der Waals surface area contributed by atoms with Crippen LogP contribution in [-0.4, -0.2) is 6.36 Å². The number of alkyl halides is 3. The molecule has 2 rings (SSSR count). The van der Waals surface area contributed by atoms with E-state index in [1.54, 1.807) is 12.1 Å². The third-order valence-corrected chi connectivity index (χ3v) is 3.22. The summed E-state index contributed by atoms with van der Waals surface area (Å²) >= 11 is 0. The lowest BCUT2D eigenvalue weighted by atomic mass is 9.96. The number of benzene rings is 2. The molecule has 0 spiro atoms. The van der Waals surface area contributed by atoms with Crippen molar-refractivity contribution in [2.24, 2.45) is 0 Å². The van der Waals surface area contributed by atoms with E-state index < -0.39 is 6.36 Å². The highest BCUT2D eigenvalue weighted by Gasteiger charge is 2.30. The first-order chi connectivity index (χ1) is 9.99. The molecule has 0 aliphatic heterocycles. The molecule has 0 aliphatic carbocycles. The first kappa shape index (κ1) is 15.4.